The Morgan fingerprint density at radius 1 is 1.13 bits per heavy atom. The second kappa shape index (κ2) is 9.94. The molecule has 1 aromatic carbocycles. The summed E-state index contributed by atoms with van der Waals surface area (Å²) in [6, 6.07) is 7.40. The Morgan fingerprint density at radius 2 is 1.83 bits per heavy atom. The molecule has 23 heavy (non-hydrogen) atoms. The van der Waals surface area contributed by atoms with Gasteiger partial charge in [-0.3, -0.25) is 4.99 Å². The summed E-state index contributed by atoms with van der Waals surface area (Å²) >= 11 is 0. The highest BCUT2D eigenvalue weighted by Gasteiger charge is 2.26. The Morgan fingerprint density at radius 3 is 2.39 bits per heavy atom. The molecule has 8 heteroatoms. The first-order chi connectivity index (χ1) is 10.9. The number of hydrogen-bond donors (Lipinski definition) is 2. The van der Waals surface area contributed by atoms with Gasteiger partial charge in [0.05, 0.1) is 13.0 Å². The Kier molecular flexibility index (Phi) is 8.25. The molecule has 0 aliphatic heterocycles. The topological polar surface area (TPSA) is 54.9 Å². The van der Waals surface area contributed by atoms with Gasteiger partial charge in [0.15, 0.2) is 5.96 Å². The molecule has 0 amide bonds. The van der Waals surface area contributed by atoms with Crippen molar-refractivity contribution in [3.8, 4) is 5.75 Å². The monoisotopic (exact) mass is 333 g/mol. The molecule has 0 bridgehead atoms. The number of nitrogens with one attached hydrogen (secondary N) is 2. The van der Waals surface area contributed by atoms with Crippen molar-refractivity contribution in [3.05, 3.63) is 29.8 Å². The molecule has 2 N–H and O–H groups in total. The summed E-state index contributed by atoms with van der Waals surface area (Å²) in [5.74, 6) is 1.06. The van der Waals surface area contributed by atoms with Crippen molar-refractivity contribution in [2.45, 2.75) is 19.1 Å². The fourth-order valence-electron chi connectivity index (χ4n) is 1.68. The van der Waals surface area contributed by atoms with Crippen molar-refractivity contribution in [2.24, 2.45) is 4.99 Å². The van der Waals surface area contributed by atoms with E-state index in [0.29, 0.717) is 25.7 Å². The van der Waals surface area contributed by atoms with Crippen molar-refractivity contribution < 1.29 is 22.6 Å². The maximum Gasteiger partial charge on any atom is 0.390 e. The number of guanidine groups is 1. The quantitative estimate of drug-likeness (QED) is 0.436. The lowest BCUT2D eigenvalue weighted by atomic mass is 10.2. The van der Waals surface area contributed by atoms with E-state index in [1.54, 1.807) is 7.11 Å². The molecule has 0 saturated carbocycles. The van der Waals surface area contributed by atoms with E-state index in [1.165, 1.54) is 7.05 Å². The number of halogens is 3. The summed E-state index contributed by atoms with van der Waals surface area (Å²) < 4.78 is 46.6. The first-order valence-corrected chi connectivity index (χ1v) is 7.16. The van der Waals surface area contributed by atoms with Crippen molar-refractivity contribution in [2.75, 3.05) is 33.9 Å². The summed E-state index contributed by atoms with van der Waals surface area (Å²) in [4.78, 5) is 3.88. The van der Waals surface area contributed by atoms with Crippen LogP contribution < -0.4 is 15.4 Å². The molecule has 0 atom stereocenters. The number of methoxy groups -OCH3 is 1. The van der Waals surface area contributed by atoms with E-state index in [4.69, 9.17) is 9.47 Å². The van der Waals surface area contributed by atoms with Gasteiger partial charge in [0.25, 0.3) is 0 Å². The van der Waals surface area contributed by atoms with Gasteiger partial charge in [-0.1, -0.05) is 12.1 Å². The maximum absolute atomic E-state index is 12.1. The van der Waals surface area contributed by atoms with Crippen molar-refractivity contribution in [1.82, 2.24) is 10.6 Å². The number of nitrogens with zero attached hydrogens (tertiary/aromatic N) is 1. The SMILES string of the molecule is CN=C(NCCC(F)(F)F)NCc1ccc(OCCOC)cc1. The van der Waals surface area contributed by atoms with Crippen molar-refractivity contribution >= 4 is 5.96 Å². The third-order valence-corrected chi connectivity index (χ3v) is 2.86. The van der Waals surface area contributed by atoms with Crippen LogP contribution in [0, 0.1) is 0 Å². The van der Waals surface area contributed by atoms with Gasteiger partial charge < -0.3 is 20.1 Å². The minimum absolute atomic E-state index is 0.213. The fraction of sp³-hybridized carbons (Fsp3) is 0.533. The maximum atomic E-state index is 12.1. The summed E-state index contributed by atoms with van der Waals surface area (Å²) in [6.45, 7) is 1.23. The van der Waals surface area contributed by atoms with Gasteiger partial charge in [-0.15, -0.1) is 0 Å². The van der Waals surface area contributed by atoms with Crippen LogP contribution in [0.5, 0.6) is 5.75 Å². The lowest BCUT2D eigenvalue weighted by molar-refractivity contribution is -0.132. The zero-order chi connectivity index (χ0) is 17.1. The highest BCUT2D eigenvalue weighted by atomic mass is 19.4. The molecular formula is C15H22F3N3O2. The van der Waals surface area contributed by atoms with E-state index in [1.807, 2.05) is 24.3 Å². The van der Waals surface area contributed by atoms with Crippen molar-refractivity contribution in [1.29, 1.82) is 0 Å². The van der Waals surface area contributed by atoms with Gasteiger partial charge in [-0.2, -0.15) is 13.2 Å². The Balaban J connectivity index is 2.35. The van der Waals surface area contributed by atoms with Crippen LogP contribution in [0.25, 0.3) is 0 Å². The molecule has 0 unspecified atom stereocenters. The Hall–Kier alpha value is -1.96. The third-order valence-electron chi connectivity index (χ3n) is 2.86. The predicted molar refractivity (Wildman–Crippen MR) is 82.7 cm³/mol. The predicted octanol–water partition coefficient (Wildman–Crippen LogP) is 2.33. The van der Waals surface area contributed by atoms with E-state index in [9.17, 15) is 13.2 Å². The molecule has 0 radical (unpaired) electrons. The van der Waals surface area contributed by atoms with E-state index in [0.717, 1.165) is 11.3 Å². The van der Waals surface area contributed by atoms with Crippen LogP contribution >= 0.6 is 0 Å². The first kappa shape index (κ1) is 19.1. The third kappa shape index (κ3) is 8.92. The number of rotatable bonds is 8. The number of ether oxygens (including phenoxy) is 2. The van der Waals surface area contributed by atoms with Crippen LogP contribution in [0.3, 0.4) is 0 Å². The molecule has 5 nitrogen and oxygen atoms in total. The first-order valence-electron chi connectivity index (χ1n) is 7.16. The van der Waals surface area contributed by atoms with Gasteiger partial charge in [-0.25, -0.2) is 0 Å². The van der Waals surface area contributed by atoms with Gasteiger partial charge in [0, 0.05) is 27.2 Å². The minimum Gasteiger partial charge on any atom is -0.491 e. The van der Waals surface area contributed by atoms with Crippen LogP contribution in [0.1, 0.15) is 12.0 Å². The van der Waals surface area contributed by atoms with E-state index >= 15 is 0 Å². The molecular weight excluding hydrogens is 311 g/mol. The lowest BCUT2D eigenvalue weighted by Gasteiger charge is -2.13. The highest BCUT2D eigenvalue weighted by Crippen LogP contribution is 2.18. The van der Waals surface area contributed by atoms with Crippen LogP contribution in [-0.4, -0.2) is 46.1 Å². The van der Waals surface area contributed by atoms with Crippen LogP contribution in [0.4, 0.5) is 13.2 Å². The molecule has 0 aromatic heterocycles. The molecule has 0 fully saturated rings. The van der Waals surface area contributed by atoms with E-state index < -0.39 is 12.6 Å². The standard InChI is InChI=1S/C15H22F3N3O2/c1-19-14(20-8-7-15(16,17)18)21-11-12-3-5-13(6-4-12)23-10-9-22-2/h3-6H,7-11H2,1-2H3,(H2,19,20,21). The second-order valence-corrected chi connectivity index (χ2v) is 4.70. The summed E-state index contributed by atoms with van der Waals surface area (Å²) in [5.41, 5.74) is 0.961. The number of aliphatic imine (C=N–C) groups is 1. The molecule has 0 aliphatic carbocycles. The van der Waals surface area contributed by atoms with E-state index in [-0.39, 0.29) is 6.54 Å². The Bertz CT molecular complexity index is 476. The average molecular weight is 333 g/mol. The average Bonchev–Trinajstić information content (AvgIpc) is 2.51. The summed E-state index contributed by atoms with van der Waals surface area (Å²) in [5, 5.41) is 5.58. The molecule has 0 saturated heterocycles. The number of alkyl halides is 3. The minimum atomic E-state index is -4.18. The normalized spacial score (nSPS) is 12.1. The molecule has 0 heterocycles. The van der Waals surface area contributed by atoms with Gasteiger partial charge in [-0.05, 0) is 17.7 Å². The molecule has 0 aliphatic rings. The van der Waals surface area contributed by atoms with E-state index in [2.05, 4.69) is 15.6 Å². The molecule has 1 rings (SSSR count). The smallest absolute Gasteiger partial charge is 0.390 e. The summed E-state index contributed by atoms with van der Waals surface area (Å²) in [6.07, 6.45) is -5.08. The van der Waals surface area contributed by atoms with Crippen LogP contribution in [0.2, 0.25) is 0 Å². The van der Waals surface area contributed by atoms with Gasteiger partial charge in [0.1, 0.15) is 12.4 Å². The largest absolute Gasteiger partial charge is 0.491 e. The van der Waals surface area contributed by atoms with Crippen molar-refractivity contribution in [3.63, 3.8) is 0 Å². The van der Waals surface area contributed by atoms with Crippen LogP contribution in [0.15, 0.2) is 29.3 Å². The Labute approximate surface area is 133 Å². The lowest BCUT2D eigenvalue weighted by Crippen LogP contribution is -2.38. The number of hydrogen-bond acceptors (Lipinski definition) is 3. The zero-order valence-corrected chi connectivity index (χ0v) is 13.2. The van der Waals surface area contributed by atoms with Gasteiger partial charge >= 0.3 is 6.18 Å². The molecule has 1 aromatic rings. The zero-order valence-electron chi connectivity index (χ0n) is 13.2. The molecule has 130 valence electrons. The fourth-order valence-corrected chi connectivity index (χ4v) is 1.68. The second-order valence-electron chi connectivity index (χ2n) is 4.70. The molecule has 0 spiro atoms. The number of benzene rings is 1. The van der Waals surface area contributed by atoms with Gasteiger partial charge in [0.2, 0.25) is 0 Å². The van der Waals surface area contributed by atoms with Crippen LogP contribution in [-0.2, 0) is 11.3 Å². The highest BCUT2D eigenvalue weighted by molar-refractivity contribution is 5.79. The summed E-state index contributed by atoms with van der Waals surface area (Å²) in [7, 11) is 3.11.